The molecular weight excluding hydrogens is 238 g/mol. The standard InChI is InChI=1S/C11H17N3O4/c1-13-5-8(15)9(16)6-3-7(11(17)18-2)10(12)14-4-6/h3-4,8-9,13,15-16H,5H2,1-2H3,(H2,12,14). The number of nitrogens with zero attached hydrogens (tertiary/aromatic N) is 1. The summed E-state index contributed by atoms with van der Waals surface area (Å²) in [7, 11) is 2.87. The number of nitrogen functional groups attached to an aromatic ring is 1. The number of aliphatic hydroxyl groups is 2. The molecular formula is C11H17N3O4. The highest BCUT2D eigenvalue weighted by Crippen LogP contribution is 2.20. The summed E-state index contributed by atoms with van der Waals surface area (Å²) in [5.74, 6) is -0.627. The van der Waals surface area contributed by atoms with Crippen LogP contribution in [0.1, 0.15) is 22.0 Å². The van der Waals surface area contributed by atoms with Crippen LogP contribution in [0.15, 0.2) is 12.3 Å². The van der Waals surface area contributed by atoms with Gasteiger partial charge in [0.1, 0.15) is 17.5 Å². The lowest BCUT2D eigenvalue weighted by molar-refractivity contribution is 0.0199. The Bertz CT molecular complexity index is 425. The highest BCUT2D eigenvalue weighted by Gasteiger charge is 2.21. The van der Waals surface area contributed by atoms with Crippen LogP contribution < -0.4 is 11.1 Å². The van der Waals surface area contributed by atoms with Crippen LogP contribution >= 0.6 is 0 Å². The number of esters is 1. The summed E-state index contributed by atoms with van der Waals surface area (Å²) in [6, 6.07) is 1.36. The fourth-order valence-corrected chi connectivity index (χ4v) is 1.47. The van der Waals surface area contributed by atoms with Crippen LogP contribution in [0.4, 0.5) is 5.82 Å². The first kappa shape index (κ1) is 14.4. The van der Waals surface area contributed by atoms with Gasteiger partial charge in [-0.05, 0) is 13.1 Å². The van der Waals surface area contributed by atoms with Crippen LogP contribution in [-0.4, -0.2) is 48.0 Å². The minimum atomic E-state index is -1.16. The Balaban J connectivity index is 3.00. The third-order valence-corrected chi connectivity index (χ3v) is 2.46. The van der Waals surface area contributed by atoms with Gasteiger partial charge >= 0.3 is 5.97 Å². The molecule has 0 radical (unpaired) electrons. The van der Waals surface area contributed by atoms with Crippen LogP contribution in [0.2, 0.25) is 0 Å². The van der Waals surface area contributed by atoms with Crippen molar-refractivity contribution in [3.63, 3.8) is 0 Å². The van der Waals surface area contributed by atoms with E-state index in [-0.39, 0.29) is 17.9 Å². The molecule has 18 heavy (non-hydrogen) atoms. The zero-order chi connectivity index (χ0) is 13.7. The van der Waals surface area contributed by atoms with Gasteiger partial charge < -0.3 is 26.0 Å². The summed E-state index contributed by atoms with van der Waals surface area (Å²) in [5.41, 5.74) is 5.89. The number of carbonyl (C=O) groups excluding carboxylic acids is 1. The first-order valence-corrected chi connectivity index (χ1v) is 5.35. The molecule has 0 aliphatic rings. The summed E-state index contributed by atoms with van der Waals surface area (Å²) in [6.07, 6.45) is -0.856. The Morgan fingerprint density at radius 1 is 1.61 bits per heavy atom. The number of methoxy groups -OCH3 is 1. The number of ether oxygens (including phenoxy) is 1. The number of hydrogen-bond acceptors (Lipinski definition) is 7. The number of pyridine rings is 1. The number of aromatic nitrogens is 1. The van der Waals surface area contributed by atoms with Crippen molar-refractivity contribution in [3.05, 3.63) is 23.4 Å². The third-order valence-electron chi connectivity index (χ3n) is 2.46. The van der Waals surface area contributed by atoms with Crippen molar-refractivity contribution < 1.29 is 19.7 Å². The van der Waals surface area contributed by atoms with E-state index >= 15 is 0 Å². The van der Waals surface area contributed by atoms with Gasteiger partial charge in [-0.2, -0.15) is 0 Å². The zero-order valence-electron chi connectivity index (χ0n) is 10.3. The smallest absolute Gasteiger partial charge is 0.341 e. The molecule has 0 saturated carbocycles. The zero-order valence-corrected chi connectivity index (χ0v) is 10.3. The molecule has 1 heterocycles. The van der Waals surface area contributed by atoms with Gasteiger partial charge in [-0.15, -0.1) is 0 Å². The van der Waals surface area contributed by atoms with E-state index in [0.29, 0.717) is 5.56 Å². The highest BCUT2D eigenvalue weighted by atomic mass is 16.5. The normalized spacial score (nSPS) is 14.0. The van der Waals surface area contributed by atoms with E-state index < -0.39 is 18.2 Å². The maximum absolute atomic E-state index is 11.4. The number of nitrogens with one attached hydrogen (secondary N) is 1. The number of carbonyl (C=O) groups is 1. The van der Waals surface area contributed by atoms with E-state index in [1.165, 1.54) is 19.4 Å². The molecule has 100 valence electrons. The lowest BCUT2D eigenvalue weighted by atomic mass is 10.0. The number of rotatable bonds is 5. The summed E-state index contributed by atoms with van der Waals surface area (Å²) in [4.78, 5) is 15.2. The Morgan fingerprint density at radius 2 is 2.28 bits per heavy atom. The number of hydrogen-bond donors (Lipinski definition) is 4. The van der Waals surface area contributed by atoms with Crippen molar-refractivity contribution >= 4 is 11.8 Å². The molecule has 7 heteroatoms. The fourth-order valence-electron chi connectivity index (χ4n) is 1.47. The van der Waals surface area contributed by atoms with E-state index in [0.717, 1.165) is 0 Å². The molecule has 0 amide bonds. The topological polar surface area (TPSA) is 118 Å². The van der Waals surface area contributed by atoms with Gasteiger partial charge in [0.15, 0.2) is 0 Å². The molecule has 0 aliphatic heterocycles. The third kappa shape index (κ3) is 3.16. The average Bonchev–Trinajstić information content (AvgIpc) is 2.38. The minimum Gasteiger partial charge on any atom is -0.465 e. The molecule has 5 N–H and O–H groups in total. The van der Waals surface area contributed by atoms with E-state index in [9.17, 15) is 15.0 Å². The Hall–Kier alpha value is -1.70. The quantitative estimate of drug-likeness (QED) is 0.502. The van der Waals surface area contributed by atoms with Crippen LogP contribution in [0, 0.1) is 0 Å². The van der Waals surface area contributed by atoms with Crippen LogP contribution in [0.25, 0.3) is 0 Å². The van der Waals surface area contributed by atoms with Gasteiger partial charge in [-0.1, -0.05) is 0 Å². The van der Waals surface area contributed by atoms with Crippen molar-refractivity contribution in [1.29, 1.82) is 0 Å². The number of likely N-dealkylation sites (N-methyl/N-ethyl adjacent to an activating group) is 1. The summed E-state index contributed by atoms with van der Waals surface area (Å²) < 4.78 is 4.54. The largest absolute Gasteiger partial charge is 0.465 e. The maximum atomic E-state index is 11.4. The Labute approximate surface area is 105 Å². The summed E-state index contributed by atoms with van der Waals surface area (Å²) >= 11 is 0. The van der Waals surface area contributed by atoms with Gasteiger partial charge in [0.05, 0.1) is 13.2 Å². The first-order valence-electron chi connectivity index (χ1n) is 5.35. The van der Waals surface area contributed by atoms with Gasteiger partial charge in [0, 0.05) is 18.3 Å². The highest BCUT2D eigenvalue weighted by molar-refractivity contribution is 5.94. The van der Waals surface area contributed by atoms with Crippen molar-refractivity contribution in [2.45, 2.75) is 12.2 Å². The lowest BCUT2D eigenvalue weighted by Gasteiger charge is -2.18. The first-order chi connectivity index (χ1) is 8.51. The minimum absolute atomic E-state index is 0.0147. The van der Waals surface area contributed by atoms with Crippen LogP contribution in [-0.2, 0) is 4.74 Å². The summed E-state index contributed by atoms with van der Waals surface area (Å²) in [6.45, 7) is 0.207. The van der Waals surface area contributed by atoms with Gasteiger partial charge in [0.25, 0.3) is 0 Å². The molecule has 1 rings (SSSR count). The van der Waals surface area contributed by atoms with Crippen LogP contribution in [0.5, 0.6) is 0 Å². The fraction of sp³-hybridized carbons (Fsp3) is 0.455. The molecule has 0 saturated heterocycles. The van der Waals surface area contributed by atoms with Crippen molar-refractivity contribution in [2.24, 2.45) is 0 Å². The van der Waals surface area contributed by atoms with Gasteiger partial charge in [0.2, 0.25) is 0 Å². The van der Waals surface area contributed by atoms with E-state index in [1.54, 1.807) is 7.05 Å². The number of anilines is 1. The van der Waals surface area contributed by atoms with Gasteiger partial charge in [-0.25, -0.2) is 9.78 Å². The number of aliphatic hydroxyl groups excluding tert-OH is 2. The maximum Gasteiger partial charge on any atom is 0.341 e. The second kappa shape index (κ2) is 6.29. The molecule has 0 spiro atoms. The lowest BCUT2D eigenvalue weighted by Crippen LogP contribution is -2.29. The molecule has 2 unspecified atom stereocenters. The van der Waals surface area contributed by atoms with Crippen LogP contribution in [0.3, 0.4) is 0 Å². The predicted molar refractivity (Wildman–Crippen MR) is 64.9 cm³/mol. The monoisotopic (exact) mass is 255 g/mol. The van der Waals surface area contributed by atoms with Crippen molar-refractivity contribution in [3.8, 4) is 0 Å². The molecule has 1 aromatic rings. The number of nitrogens with two attached hydrogens (primary N) is 1. The second-order valence-electron chi connectivity index (χ2n) is 3.76. The molecule has 7 nitrogen and oxygen atoms in total. The average molecular weight is 255 g/mol. The predicted octanol–water partition coefficient (Wildman–Crippen LogP) is -0.936. The molecule has 2 atom stereocenters. The van der Waals surface area contributed by atoms with E-state index in [1.807, 2.05) is 0 Å². The molecule has 0 aliphatic carbocycles. The van der Waals surface area contributed by atoms with Crippen molar-refractivity contribution in [1.82, 2.24) is 10.3 Å². The molecule has 1 aromatic heterocycles. The SMILES string of the molecule is CNCC(O)C(O)c1cnc(N)c(C(=O)OC)c1. The summed E-state index contributed by atoms with van der Waals surface area (Å²) in [5, 5.41) is 22.2. The molecule has 0 bridgehead atoms. The Morgan fingerprint density at radius 3 is 2.83 bits per heavy atom. The van der Waals surface area contributed by atoms with Gasteiger partial charge in [-0.3, -0.25) is 0 Å². The molecule has 0 fully saturated rings. The molecule has 0 aromatic carbocycles. The van der Waals surface area contributed by atoms with E-state index in [4.69, 9.17) is 5.73 Å². The Kier molecular flexibility index (Phi) is 5.02. The van der Waals surface area contributed by atoms with E-state index in [2.05, 4.69) is 15.0 Å². The second-order valence-corrected chi connectivity index (χ2v) is 3.76. The van der Waals surface area contributed by atoms with Crippen molar-refractivity contribution in [2.75, 3.05) is 26.4 Å².